The highest BCUT2D eigenvalue weighted by Gasteiger charge is 2.27. The zero-order valence-corrected chi connectivity index (χ0v) is 8.17. The van der Waals surface area contributed by atoms with Gasteiger partial charge in [0.1, 0.15) is 0 Å². The first kappa shape index (κ1) is 9.10. The van der Waals surface area contributed by atoms with Gasteiger partial charge in [-0.3, -0.25) is 10.1 Å². The monoisotopic (exact) mass is 204 g/mol. The van der Waals surface area contributed by atoms with E-state index in [-0.39, 0.29) is 11.2 Å². The predicted molar refractivity (Wildman–Crippen MR) is 53.5 cm³/mol. The number of amides is 1. The van der Waals surface area contributed by atoms with Crippen LogP contribution in [0.15, 0.2) is 29.2 Å². The Morgan fingerprint density at radius 1 is 1.57 bits per heavy atom. The van der Waals surface area contributed by atoms with Crippen LogP contribution in [0.3, 0.4) is 0 Å². The molecule has 1 unspecified atom stereocenters. The Kier molecular flexibility index (Phi) is 2.42. The molecule has 1 atom stereocenters. The molecule has 0 spiro atoms. The third kappa shape index (κ3) is 1.59. The maximum absolute atomic E-state index is 11.4. The molecule has 1 aromatic rings. The smallest absolute Gasteiger partial charge is 0.246 e. The van der Waals surface area contributed by atoms with Crippen LogP contribution < -0.4 is 5.32 Å². The summed E-state index contributed by atoms with van der Waals surface area (Å²) in [5.41, 5.74) is 1.19. The van der Waals surface area contributed by atoms with Gasteiger partial charge in [-0.1, -0.05) is 18.2 Å². The third-order valence-electron chi connectivity index (χ3n) is 2.12. The van der Waals surface area contributed by atoms with Crippen molar-refractivity contribution in [2.75, 3.05) is 0 Å². The second-order valence-electron chi connectivity index (χ2n) is 3.02. The highest BCUT2D eigenvalue weighted by Crippen LogP contribution is 2.36. The Hall–Kier alpha value is -1.47. The van der Waals surface area contributed by atoms with Gasteiger partial charge in [0.15, 0.2) is 6.19 Å². The van der Waals surface area contributed by atoms with Crippen LogP contribution in [0.5, 0.6) is 0 Å². The van der Waals surface area contributed by atoms with E-state index in [2.05, 4.69) is 5.32 Å². The average molecular weight is 204 g/mol. The summed E-state index contributed by atoms with van der Waals surface area (Å²) in [7, 11) is 0. The molecule has 0 fully saturated rings. The third-order valence-corrected chi connectivity index (χ3v) is 3.44. The maximum Gasteiger partial charge on any atom is 0.246 e. The zero-order chi connectivity index (χ0) is 9.97. The first-order valence-electron chi connectivity index (χ1n) is 4.25. The molecule has 0 aromatic heterocycles. The van der Waals surface area contributed by atoms with Crippen molar-refractivity contribution in [2.45, 2.75) is 16.6 Å². The fourth-order valence-corrected chi connectivity index (χ4v) is 2.66. The van der Waals surface area contributed by atoms with Crippen LogP contribution in [-0.4, -0.2) is 11.2 Å². The fourth-order valence-electron chi connectivity index (χ4n) is 1.46. The van der Waals surface area contributed by atoms with Crippen LogP contribution in [-0.2, 0) is 11.2 Å². The molecule has 1 aromatic carbocycles. The van der Waals surface area contributed by atoms with Crippen molar-refractivity contribution in [3.05, 3.63) is 29.8 Å². The molecule has 0 saturated carbocycles. The second-order valence-corrected chi connectivity index (χ2v) is 4.26. The van der Waals surface area contributed by atoms with Crippen molar-refractivity contribution in [3.63, 3.8) is 0 Å². The highest BCUT2D eigenvalue weighted by atomic mass is 32.2. The Bertz CT molecular complexity index is 386. The van der Waals surface area contributed by atoms with Gasteiger partial charge in [-0.05, 0) is 18.1 Å². The van der Waals surface area contributed by atoms with Gasteiger partial charge >= 0.3 is 0 Å². The molecule has 0 bridgehead atoms. The summed E-state index contributed by atoms with van der Waals surface area (Å²) in [6.45, 7) is 0. The van der Waals surface area contributed by atoms with Crippen LogP contribution in [0, 0.1) is 11.5 Å². The molecule has 0 radical (unpaired) electrons. The average Bonchev–Trinajstić information content (AvgIpc) is 2.61. The molecule has 1 amide bonds. The van der Waals surface area contributed by atoms with E-state index in [0.29, 0.717) is 6.42 Å². The van der Waals surface area contributed by atoms with Gasteiger partial charge in [0.05, 0.1) is 5.25 Å². The Morgan fingerprint density at radius 2 is 2.36 bits per heavy atom. The quantitative estimate of drug-likeness (QED) is 0.554. The topological polar surface area (TPSA) is 52.9 Å². The Labute approximate surface area is 86.1 Å². The number of hydrogen-bond donors (Lipinski definition) is 1. The molecule has 1 aliphatic rings. The Balaban J connectivity index is 2.12. The molecular formula is C10H8N2OS. The number of nitriles is 1. The number of carbonyl (C=O) groups is 1. The molecule has 1 heterocycles. The summed E-state index contributed by atoms with van der Waals surface area (Å²) >= 11 is 1.52. The normalized spacial score (nSPS) is 18.4. The van der Waals surface area contributed by atoms with E-state index in [4.69, 9.17) is 5.26 Å². The number of hydrogen-bond acceptors (Lipinski definition) is 3. The number of nitrogens with zero attached hydrogens (tertiary/aromatic N) is 1. The summed E-state index contributed by atoms with van der Waals surface area (Å²) < 4.78 is 0. The zero-order valence-electron chi connectivity index (χ0n) is 7.36. The SMILES string of the molecule is N#CNC(=O)C1Cc2ccccc2S1. The lowest BCUT2D eigenvalue weighted by Crippen LogP contribution is -2.28. The van der Waals surface area contributed by atoms with E-state index in [1.165, 1.54) is 17.3 Å². The summed E-state index contributed by atoms with van der Waals surface area (Å²) in [4.78, 5) is 12.5. The molecule has 3 nitrogen and oxygen atoms in total. The van der Waals surface area contributed by atoms with Crippen LogP contribution in [0.1, 0.15) is 5.56 Å². The minimum Gasteiger partial charge on any atom is -0.273 e. The molecule has 1 N–H and O–H groups in total. The predicted octanol–water partition coefficient (Wildman–Crippen LogP) is 1.30. The summed E-state index contributed by atoms with van der Waals surface area (Å²) in [5.74, 6) is -0.200. The van der Waals surface area contributed by atoms with E-state index in [1.54, 1.807) is 6.19 Å². The van der Waals surface area contributed by atoms with Crippen molar-refractivity contribution in [1.29, 1.82) is 5.26 Å². The van der Waals surface area contributed by atoms with Gasteiger partial charge in [-0.2, -0.15) is 5.26 Å². The van der Waals surface area contributed by atoms with Crippen LogP contribution in [0.2, 0.25) is 0 Å². The minimum absolute atomic E-state index is 0.146. The van der Waals surface area contributed by atoms with E-state index in [1.807, 2.05) is 24.3 Å². The van der Waals surface area contributed by atoms with Crippen molar-refractivity contribution >= 4 is 17.7 Å². The molecule has 0 aliphatic carbocycles. The number of thioether (sulfide) groups is 1. The Morgan fingerprint density at radius 3 is 3.07 bits per heavy atom. The second kappa shape index (κ2) is 3.72. The van der Waals surface area contributed by atoms with Gasteiger partial charge in [0.25, 0.3) is 0 Å². The van der Waals surface area contributed by atoms with Gasteiger partial charge in [0, 0.05) is 4.90 Å². The summed E-state index contributed by atoms with van der Waals surface area (Å²) in [6.07, 6.45) is 2.37. The number of benzene rings is 1. The van der Waals surface area contributed by atoms with Crippen LogP contribution in [0.4, 0.5) is 0 Å². The van der Waals surface area contributed by atoms with Crippen molar-refractivity contribution in [3.8, 4) is 6.19 Å². The lowest BCUT2D eigenvalue weighted by molar-refractivity contribution is -0.119. The van der Waals surface area contributed by atoms with Gasteiger partial charge in [-0.25, -0.2) is 0 Å². The highest BCUT2D eigenvalue weighted by molar-refractivity contribution is 8.01. The van der Waals surface area contributed by atoms with Gasteiger partial charge in [0.2, 0.25) is 5.91 Å². The lowest BCUT2D eigenvalue weighted by atomic mass is 10.1. The van der Waals surface area contributed by atoms with Crippen LogP contribution in [0.25, 0.3) is 0 Å². The van der Waals surface area contributed by atoms with E-state index < -0.39 is 0 Å². The molecular weight excluding hydrogens is 196 g/mol. The number of carbonyl (C=O) groups excluding carboxylic acids is 1. The lowest BCUT2D eigenvalue weighted by Gasteiger charge is -2.02. The molecule has 70 valence electrons. The summed E-state index contributed by atoms with van der Waals surface area (Å²) in [5, 5.41) is 10.3. The van der Waals surface area contributed by atoms with Gasteiger partial charge in [-0.15, -0.1) is 11.8 Å². The fraction of sp³-hybridized carbons (Fsp3) is 0.200. The number of fused-ring (bicyclic) bond motifs is 1. The molecule has 4 heteroatoms. The van der Waals surface area contributed by atoms with Crippen molar-refractivity contribution in [2.24, 2.45) is 0 Å². The van der Waals surface area contributed by atoms with Crippen LogP contribution >= 0.6 is 11.8 Å². The summed E-state index contributed by atoms with van der Waals surface area (Å²) in [6, 6.07) is 7.93. The number of rotatable bonds is 1. The van der Waals surface area contributed by atoms with E-state index in [9.17, 15) is 4.79 Å². The maximum atomic E-state index is 11.4. The molecule has 14 heavy (non-hydrogen) atoms. The standard InChI is InChI=1S/C10H8N2OS/c11-6-12-10(13)9-5-7-3-1-2-4-8(7)14-9/h1-4,9H,5H2,(H,12,13). The van der Waals surface area contributed by atoms with Crippen molar-refractivity contribution < 1.29 is 4.79 Å². The molecule has 2 rings (SSSR count). The van der Waals surface area contributed by atoms with E-state index in [0.717, 1.165) is 4.90 Å². The first-order valence-corrected chi connectivity index (χ1v) is 5.13. The molecule has 1 aliphatic heterocycles. The van der Waals surface area contributed by atoms with E-state index >= 15 is 0 Å². The minimum atomic E-state index is -0.200. The molecule has 0 saturated heterocycles. The number of nitrogens with one attached hydrogen (secondary N) is 1. The van der Waals surface area contributed by atoms with Crippen molar-refractivity contribution in [1.82, 2.24) is 5.32 Å². The van der Waals surface area contributed by atoms with Gasteiger partial charge < -0.3 is 0 Å². The first-order chi connectivity index (χ1) is 6.81. The largest absolute Gasteiger partial charge is 0.273 e.